The van der Waals surface area contributed by atoms with E-state index in [1.54, 1.807) is 7.11 Å². The maximum atomic E-state index is 5.57. The van der Waals surface area contributed by atoms with Crippen LogP contribution in [0.1, 0.15) is 23.4 Å². The molecule has 106 valence electrons. The molecule has 0 spiro atoms. The van der Waals surface area contributed by atoms with Gasteiger partial charge in [0.25, 0.3) is 0 Å². The van der Waals surface area contributed by atoms with Crippen LogP contribution in [0.3, 0.4) is 0 Å². The van der Waals surface area contributed by atoms with Crippen molar-refractivity contribution in [1.82, 2.24) is 9.97 Å². The van der Waals surface area contributed by atoms with E-state index in [-0.39, 0.29) is 0 Å². The topological polar surface area (TPSA) is 61.0 Å². The predicted octanol–water partition coefficient (Wildman–Crippen LogP) is 2.66. The summed E-state index contributed by atoms with van der Waals surface area (Å²) in [6, 6.07) is 7.81. The van der Waals surface area contributed by atoms with E-state index in [1.165, 1.54) is 5.56 Å². The Morgan fingerprint density at radius 2 is 1.85 bits per heavy atom. The molecule has 0 saturated heterocycles. The second-order valence-electron chi connectivity index (χ2n) is 4.82. The largest absolute Gasteiger partial charge is 0.497 e. The summed E-state index contributed by atoms with van der Waals surface area (Å²) in [4.78, 5) is 9.25. The van der Waals surface area contributed by atoms with E-state index in [9.17, 15) is 0 Å². The zero-order chi connectivity index (χ0) is 14.5. The van der Waals surface area contributed by atoms with E-state index in [4.69, 9.17) is 10.5 Å². The number of nitrogens with zero attached hydrogens (tertiary/aromatic N) is 2. The van der Waals surface area contributed by atoms with Crippen molar-refractivity contribution in [3.05, 3.63) is 41.2 Å². The molecule has 2 rings (SSSR count). The Hall–Kier alpha value is -1.94. The standard InChI is InChI=1S/C16H21N3O/c1-11-15(8-5-9-17)12(2)19-16(18-11)13-6-4-7-14(10-13)20-3/h4,6-7,10H,5,8-9,17H2,1-3H3. The van der Waals surface area contributed by atoms with Crippen LogP contribution in [-0.2, 0) is 6.42 Å². The third-order valence-corrected chi connectivity index (χ3v) is 3.38. The van der Waals surface area contributed by atoms with Crippen LogP contribution < -0.4 is 10.5 Å². The van der Waals surface area contributed by atoms with Gasteiger partial charge in [0.1, 0.15) is 5.75 Å². The summed E-state index contributed by atoms with van der Waals surface area (Å²) < 4.78 is 5.24. The predicted molar refractivity (Wildman–Crippen MR) is 80.9 cm³/mol. The molecule has 0 atom stereocenters. The zero-order valence-corrected chi connectivity index (χ0v) is 12.3. The van der Waals surface area contributed by atoms with Crippen molar-refractivity contribution < 1.29 is 4.74 Å². The normalized spacial score (nSPS) is 10.6. The van der Waals surface area contributed by atoms with Gasteiger partial charge in [0, 0.05) is 17.0 Å². The Morgan fingerprint density at radius 3 is 2.45 bits per heavy atom. The molecule has 2 N–H and O–H groups in total. The lowest BCUT2D eigenvalue weighted by molar-refractivity contribution is 0.415. The van der Waals surface area contributed by atoms with Crippen LogP contribution in [0.2, 0.25) is 0 Å². The van der Waals surface area contributed by atoms with Crippen LogP contribution in [0.25, 0.3) is 11.4 Å². The first-order valence-corrected chi connectivity index (χ1v) is 6.84. The average molecular weight is 271 g/mol. The van der Waals surface area contributed by atoms with E-state index >= 15 is 0 Å². The number of benzene rings is 1. The van der Waals surface area contributed by atoms with Crippen LogP contribution in [0.4, 0.5) is 0 Å². The monoisotopic (exact) mass is 271 g/mol. The van der Waals surface area contributed by atoms with Crippen molar-refractivity contribution in [1.29, 1.82) is 0 Å². The third-order valence-electron chi connectivity index (χ3n) is 3.38. The van der Waals surface area contributed by atoms with Gasteiger partial charge in [-0.25, -0.2) is 9.97 Å². The molecule has 0 aliphatic carbocycles. The minimum absolute atomic E-state index is 0.691. The number of methoxy groups -OCH3 is 1. The van der Waals surface area contributed by atoms with Crippen molar-refractivity contribution in [2.24, 2.45) is 5.73 Å². The molecule has 1 aromatic heterocycles. The lowest BCUT2D eigenvalue weighted by atomic mass is 10.1. The SMILES string of the molecule is COc1cccc(-c2nc(C)c(CCCN)c(C)n2)c1. The molecular formula is C16H21N3O. The highest BCUT2D eigenvalue weighted by atomic mass is 16.5. The number of ether oxygens (including phenoxy) is 1. The summed E-state index contributed by atoms with van der Waals surface area (Å²) in [5.74, 6) is 1.56. The van der Waals surface area contributed by atoms with Gasteiger partial charge in [0.15, 0.2) is 5.82 Å². The minimum atomic E-state index is 0.691. The molecule has 0 amide bonds. The van der Waals surface area contributed by atoms with Gasteiger partial charge < -0.3 is 10.5 Å². The van der Waals surface area contributed by atoms with Crippen molar-refractivity contribution >= 4 is 0 Å². The summed E-state index contributed by atoms with van der Waals surface area (Å²) in [6.07, 6.45) is 1.90. The first-order chi connectivity index (χ1) is 9.65. The molecule has 0 unspecified atom stereocenters. The minimum Gasteiger partial charge on any atom is -0.497 e. The number of hydrogen-bond donors (Lipinski definition) is 1. The smallest absolute Gasteiger partial charge is 0.159 e. The molecule has 20 heavy (non-hydrogen) atoms. The fourth-order valence-electron chi connectivity index (χ4n) is 2.27. The molecule has 0 radical (unpaired) electrons. The highest BCUT2D eigenvalue weighted by molar-refractivity contribution is 5.58. The second-order valence-corrected chi connectivity index (χ2v) is 4.82. The number of aromatic nitrogens is 2. The van der Waals surface area contributed by atoms with Gasteiger partial charge in [-0.1, -0.05) is 12.1 Å². The quantitative estimate of drug-likeness (QED) is 0.908. The van der Waals surface area contributed by atoms with Gasteiger partial charge in [-0.3, -0.25) is 0 Å². The highest BCUT2D eigenvalue weighted by Gasteiger charge is 2.10. The fourth-order valence-corrected chi connectivity index (χ4v) is 2.27. The molecule has 0 aliphatic rings. The first kappa shape index (κ1) is 14.5. The van der Waals surface area contributed by atoms with Crippen LogP contribution in [0.15, 0.2) is 24.3 Å². The van der Waals surface area contributed by atoms with Gasteiger partial charge in [-0.05, 0) is 50.9 Å². The molecule has 4 heteroatoms. The molecular weight excluding hydrogens is 250 g/mol. The summed E-state index contributed by atoms with van der Waals surface area (Å²) in [6.45, 7) is 4.75. The van der Waals surface area contributed by atoms with Gasteiger partial charge in [0.2, 0.25) is 0 Å². The highest BCUT2D eigenvalue weighted by Crippen LogP contribution is 2.23. The Morgan fingerprint density at radius 1 is 1.15 bits per heavy atom. The average Bonchev–Trinajstić information content (AvgIpc) is 2.46. The van der Waals surface area contributed by atoms with Crippen molar-refractivity contribution in [3.8, 4) is 17.1 Å². The van der Waals surface area contributed by atoms with E-state index in [0.29, 0.717) is 6.54 Å². The van der Waals surface area contributed by atoms with Crippen molar-refractivity contribution in [2.45, 2.75) is 26.7 Å². The Labute approximate surface area is 120 Å². The zero-order valence-electron chi connectivity index (χ0n) is 12.3. The Bertz CT molecular complexity index is 573. The summed E-state index contributed by atoms with van der Waals surface area (Å²) in [7, 11) is 1.66. The molecule has 4 nitrogen and oxygen atoms in total. The third kappa shape index (κ3) is 3.14. The number of rotatable bonds is 5. The molecule has 1 heterocycles. The van der Waals surface area contributed by atoms with E-state index < -0.39 is 0 Å². The maximum absolute atomic E-state index is 5.57. The maximum Gasteiger partial charge on any atom is 0.159 e. The van der Waals surface area contributed by atoms with Crippen molar-refractivity contribution in [3.63, 3.8) is 0 Å². The van der Waals surface area contributed by atoms with Gasteiger partial charge in [-0.2, -0.15) is 0 Å². The Kier molecular flexibility index (Phi) is 4.69. The lowest BCUT2D eigenvalue weighted by Gasteiger charge is -2.11. The molecule has 0 fully saturated rings. The van der Waals surface area contributed by atoms with E-state index in [1.807, 2.05) is 38.1 Å². The first-order valence-electron chi connectivity index (χ1n) is 6.84. The van der Waals surface area contributed by atoms with E-state index in [0.717, 1.165) is 41.4 Å². The van der Waals surface area contributed by atoms with Crippen LogP contribution in [-0.4, -0.2) is 23.6 Å². The molecule has 0 aliphatic heterocycles. The molecule has 0 bridgehead atoms. The molecule has 1 aromatic carbocycles. The lowest BCUT2D eigenvalue weighted by Crippen LogP contribution is -2.06. The van der Waals surface area contributed by atoms with Gasteiger partial charge >= 0.3 is 0 Å². The fraction of sp³-hybridized carbons (Fsp3) is 0.375. The second kappa shape index (κ2) is 6.48. The number of nitrogens with two attached hydrogens (primary N) is 1. The Balaban J connectivity index is 2.38. The van der Waals surface area contributed by atoms with Gasteiger partial charge in [-0.15, -0.1) is 0 Å². The molecule has 2 aromatic rings. The van der Waals surface area contributed by atoms with Crippen molar-refractivity contribution in [2.75, 3.05) is 13.7 Å². The summed E-state index contributed by atoms with van der Waals surface area (Å²) in [5, 5.41) is 0. The summed E-state index contributed by atoms with van der Waals surface area (Å²) in [5.41, 5.74) is 9.82. The number of hydrogen-bond acceptors (Lipinski definition) is 4. The van der Waals surface area contributed by atoms with Crippen LogP contribution in [0.5, 0.6) is 5.75 Å². The van der Waals surface area contributed by atoms with Gasteiger partial charge in [0.05, 0.1) is 7.11 Å². The number of aryl methyl sites for hydroxylation is 2. The van der Waals surface area contributed by atoms with Crippen LogP contribution in [0, 0.1) is 13.8 Å². The summed E-state index contributed by atoms with van der Waals surface area (Å²) >= 11 is 0. The van der Waals surface area contributed by atoms with E-state index in [2.05, 4.69) is 9.97 Å². The van der Waals surface area contributed by atoms with Crippen LogP contribution >= 0.6 is 0 Å². The molecule has 0 saturated carbocycles.